The van der Waals surface area contributed by atoms with E-state index in [0.717, 1.165) is 0 Å². The van der Waals surface area contributed by atoms with E-state index >= 15 is 0 Å². The van der Waals surface area contributed by atoms with Crippen LogP contribution in [0.4, 0.5) is 11.8 Å². The number of aliphatic imine (C=N–C) groups is 1. The quantitative estimate of drug-likeness (QED) is 0.713. The highest BCUT2D eigenvalue weighted by Crippen LogP contribution is 2.39. The van der Waals surface area contributed by atoms with Crippen LogP contribution in [0.25, 0.3) is 22.2 Å². The van der Waals surface area contributed by atoms with E-state index in [1.165, 1.54) is 0 Å². The molecule has 0 spiro atoms. The molecule has 0 fully saturated rings. The smallest absolute Gasteiger partial charge is 0.290 e. The predicted molar refractivity (Wildman–Crippen MR) is 99.1 cm³/mol. The van der Waals surface area contributed by atoms with Crippen LogP contribution in [-0.4, -0.2) is 34.1 Å². The van der Waals surface area contributed by atoms with Crippen molar-refractivity contribution < 1.29 is 4.74 Å². The van der Waals surface area contributed by atoms with Crippen molar-refractivity contribution in [1.82, 2.24) is 15.0 Å². The van der Waals surface area contributed by atoms with Gasteiger partial charge in [0.15, 0.2) is 5.65 Å². The number of rotatable bonds is 2. The molecule has 3 aromatic rings. The Labute approximate surface area is 152 Å². The number of nitrogens with one attached hydrogen (secondary N) is 1. The Bertz CT molecular complexity index is 987. The third kappa shape index (κ3) is 3.04. The molecule has 3 heterocycles. The lowest BCUT2D eigenvalue weighted by molar-refractivity contribution is 0.346. The first-order valence-electron chi connectivity index (χ1n) is 7.44. The molecule has 0 saturated heterocycles. The van der Waals surface area contributed by atoms with Crippen molar-refractivity contribution in [2.45, 2.75) is 0 Å². The van der Waals surface area contributed by atoms with E-state index < -0.39 is 0 Å². The van der Waals surface area contributed by atoms with Crippen molar-refractivity contribution in [2.24, 2.45) is 4.99 Å². The van der Waals surface area contributed by atoms with Gasteiger partial charge >= 0.3 is 0 Å². The van der Waals surface area contributed by atoms with Crippen LogP contribution < -0.4 is 11.1 Å². The summed E-state index contributed by atoms with van der Waals surface area (Å²) in [6.07, 6.45) is 1.60. The van der Waals surface area contributed by atoms with Crippen LogP contribution in [0.5, 0.6) is 0 Å². The Kier molecular flexibility index (Phi) is 4.03. The number of fused-ring (bicyclic) bond motifs is 1. The summed E-state index contributed by atoms with van der Waals surface area (Å²) in [5.41, 5.74) is 7.45. The number of ether oxygens (including phenoxy) is 1. The zero-order chi connectivity index (χ0) is 17.4. The number of nitrogens with zero attached hydrogens (tertiary/aromatic N) is 4. The monoisotopic (exact) mass is 374 g/mol. The van der Waals surface area contributed by atoms with Crippen molar-refractivity contribution in [1.29, 1.82) is 0 Å². The maximum absolute atomic E-state index is 6.38. The average Bonchev–Trinajstić information content (AvgIpc) is 3.08. The van der Waals surface area contributed by atoms with Crippen molar-refractivity contribution in [3.8, 4) is 11.1 Å². The number of anilines is 2. The first kappa shape index (κ1) is 15.9. The molecule has 0 aliphatic carbocycles. The van der Waals surface area contributed by atoms with Gasteiger partial charge in [0, 0.05) is 22.7 Å². The number of pyridine rings is 1. The maximum Gasteiger partial charge on any atom is 0.290 e. The summed E-state index contributed by atoms with van der Waals surface area (Å²) < 4.78 is 5.42. The molecule has 9 heteroatoms. The standard InChI is InChI=1S/C16H12Cl2N6O/c17-10-2-1-3-11(18)12(10)9-6-8-7-21-15(19)23-13(8)22-14(9)24-16-20-4-5-25-16/h1-3,6-7H,4-5H2,(H3,19,20,21,22,23,24). The summed E-state index contributed by atoms with van der Waals surface area (Å²) in [6, 6.07) is 7.55. The third-order valence-corrected chi connectivity index (χ3v) is 4.26. The number of hydrogen-bond acceptors (Lipinski definition) is 7. The van der Waals surface area contributed by atoms with Crippen LogP contribution in [0.1, 0.15) is 0 Å². The minimum absolute atomic E-state index is 0.143. The average molecular weight is 375 g/mol. The van der Waals surface area contributed by atoms with Gasteiger partial charge in [0.05, 0.1) is 16.6 Å². The second-order valence-electron chi connectivity index (χ2n) is 5.28. The van der Waals surface area contributed by atoms with Crippen LogP contribution in [0.2, 0.25) is 10.0 Å². The van der Waals surface area contributed by atoms with E-state index in [9.17, 15) is 0 Å². The number of aromatic nitrogens is 3. The van der Waals surface area contributed by atoms with E-state index in [1.54, 1.807) is 24.4 Å². The Hall–Kier alpha value is -2.64. The molecule has 0 atom stereocenters. The zero-order valence-corrected chi connectivity index (χ0v) is 14.3. The molecular weight excluding hydrogens is 363 g/mol. The number of halogens is 2. The summed E-state index contributed by atoms with van der Waals surface area (Å²) in [5, 5.41) is 4.78. The molecule has 0 radical (unpaired) electrons. The van der Waals surface area contributed by atoms with Crippen molar-refractivity contribution in [3.05, 3.63) is 40.5 Å². The first-order valence-corrected chi connectivity index (χ1v) is 8.19. The zero-order valence-electron chi connectivity index (χ0n) is 12.8. The highest BCUT2D eigenvalue weighted by molar-refractivity contribution is 6.39. The fourth-order valence-electron chi connectivity index (χ4n) is 2.53. The summed E-state index contributed by atoms with van der Waals surface area (Å²) in [7, 11) is 0. The Balaban J connectivity index is 1.95. The van der Waals surface area contributed by atoms with Gasteiger partial charge in [-0.15, -0.1) is 0 Å². The van der Waals surface area contributed by atoms with Gasteiger partial charge in [-0.05, 0) is 18.2 Å². The van der Waals surface area contributed by atoms with E-state index in [0.29, 0.717) is 57.2 Å². The summed E-state index contributed by atoms with van der Waals surface area (Å²) in [5.74, 6) is 0.616. The van der Waals surface area contributed by atoms with Gasteiger partial charge in [-0.25, -0.2) is 15.0 Å². The molecule has 3 N–H and O–H groups in total. The topological polar surface area (TPSA) is 98.3 Å². The molecule has 1 aromatic carbocycles. The number of hydrogen-bond donors (Lipinski definition) is 2. The van der Waals surface area contributed by atoms with Gasteiger partial charge in [0.2, 0.25) is 5.95 Å². The van der Waals surface area contributed by atoms with E-state index in [4.69, 9.17) is 33.7 Å². The molecule has 126 valence electrons. The molecule has 4 rings (SSSR count). The lowest BCUT2D eigenvalue weighted by Crippen LogP contribution is -2.14. The number of benzene rings is 1. The molecule has 0 amide bonds. The largest absolute Gasteiger partial charge is 0.463 e. The number of nitrogen functional groups attached to an aromatic ring is 1. The number of amidine groups is 1. The fourth-order valence-corrected chi connectivity index (χ4v) is 3.13. The third-order valence-electron chi connectivity index (χ3n) is 3.63. The van der Waals surface area contributed by atoms with E-state index in [1.807, 2.05) is 6.07 Å². The molecule has 7 nitrogen and oxygen atoms in total. The highest BCUT2D eigenvalue weighted by Gasteiger charge is 2.18. The van der Waals surface area contributed by atoms with E-state index in [-0.39, 0.29) is 5.95 Å². The Morgan fingerprint density at radius 3 is 2.68 bits per heavy atom. The minimum Gasteiger partial charge on any atom is -0.463 e. The molecule has 1 aliphatic heterocycles. The molecule has 0 unspecified atom stereocenters. The molecule has 1 aliphatic rings. The SMILES string of the molecule is Nc1ncc2cc(-c3c(Cl)cccc3Cl)c(NC3=NCCO3)nc2n1. The van der Waals surface area contributed by atoms with Crippen molar-refractivity contribution in [2.75, 3.05) is 24.2 Å². The fraction of sp³-hybridized carbons (Fsp3) is 0.125. The normalized spacial score (nSPS) is 13.6. The van der Waals surface area contributed by atoms with Gasteiger partial charge in [-0.2, -0.15) is 4.98 Å². The molecule has 0 bridgehead atoms. The second kappa shape index (κ2) is 6.34. The summed E-state index contributed by atoms with van der Waals surface area (Å²) >= 11 is 12.8. The summed E-state index contributed by atoms with van der Waals surface area (Å²) in [6.45, 7) is 1.11. The first-order chi connectivity index (χ1) is 12.1. The van der Waals surface area contributed by atoms with Gasteiger partial charge in [0.1, 0.15) is 12.4 Å². The van der Waals surface area contributed by atoms with Gasteiger partial charge in [0.25, 0.3) is 6.02 Å². The van der Waals surface area contributed by atoms with E-state index in [2.05, 4.69) is 25.3 Å². The number of nitrogens with two attached hydrogens (primary N) is 1. The van der Waals surface area contributed by atoms with Gasteiger partial charge < -0.3 is 10.5 Å². The van der Waals surface area contributed by atoms with Gasteiger partial charge in [-0.3, -0.25) is 5.32 Å². The van der Waals surface area contributed by atoms with Crippen LogP contribution >= 0.6 is 23.2 Å². The highest BCUT2D eigenvalue weighted by atomic mass is 35.5. The van der Waals surface area contributed by atoms with Crippen molar-refractivity contribution in [3.63, 3.8) is 0 Å². The Morgan fingerprint density at radius 1 is 1.16 bits per heavy atom. The molecule has 25 heavy (non-hydrogen) atoms. The lowest BCUT2D eigenvalue weighted by atomic mass is 10.0. The van der Waals surface area contributed by atoms with Gasteiger partial charge in [-0.1, -0.05) is 29.3 Å². The van der Waals surface area contributed by atoms with Crippen molar-refractivity contribution >= 4 is 52.0 Å². The maximum atomic E-state index is 6.38. The lowest BCUT2D eigenvalue weighted by Gasteiger charge is -2.14. The van der Waals surface area contributed by atoms with Crippen LogP contribution in [0, 0.1) is 0 Å². The predicted octanol–water partition coefficient (Wildman–Crippen LogP) is 3.38. The second-order valence-corrected chi connectivity index (χ2v) is 6.10. The Morgan fingerprint density at radius 2 is 1.96 bits per heavy atom. The molecule has 0 saturated carbocycles. The molecule has 2 aromatic heterocycles. The molecular formula is C16H12Cl2N6O. The van der Waals surface area contributed by atoms with Crippen LogP contribution in [-0.2, 0) is 4.74 Å². The summed E-state index contributed by atoms with van der Waals surface area (Å²) in [4.78, 5) is 16.9. The van der Waals surface area contributed by atoms with Crippen LogP contribution in [0.15, 0.2) is 35.5 Å². The minimum atomic E-state index is 0.143. The van der Waals surface area contributed by atoms with Crippen LogP contribution in [0.3, 0.4) is 0 Å².